The van der Waals surface area contributed by atoms with Crippen molar-refractivity contribution in [3.8, 4) is 0 Å². The molecule has 2 amide bonds. The van der Waals surface area contributed by atoms with E-state index in [2.05, 4.69) is 17.4 Å². The summed E-state index contributed by atoms with van der Waals surface area (Å²) in [4.78, 5) is 25.5. The molecule has 0 radical (unpaired) electrons. The van der Waals surface area contributed by atoms with Crippen LogP contribution in [-0.2, 0) is 24.1 Å². The van der Waals surface area contributed by atoms with Crippen LogP contribution in [0.3, 0.4) is 0 Å². The van der Waals surface area contributed by atoms with Gasteiger partial charge in [0.1, 0.15) is 0 Å². The maximum absolute atomic E-state index is 12.8. The molecule has 142 valence electrons. The highest BCUT2D eigenvalue weighted by Gasteiger charge is 2.28. The van der Waals surface area contributed by atoms with Gasteiger partial charge >= 0.3 is 12.0 Å². The predicted octanol–water partition coefficient (Wildman–Crippen LogP) is 3.27. The SMILES string of the molecule is CN(C(=O)NC(CCC(=O)O)Cc1ccccc1)C1Cc2ccccc2C1. The fourth-order valence-corrected chi connectivity index (χ4v) is 3.67. The summed E-state index contributed by atoms with van der Waals surface area (Å²) in [7, 11) is 1.82. The van der Waals surface area contributed by atoms with E-state index < -0.39 is 5.97 Å². The van der Waals surface area contributed by atoms with Gasteiger partial charge in [0, 0.05) is 25.6 Å². The van der Waals surface area contributed by atoms with Gasteiger partial charge in [-0.2, -0.15) is 0 Å². The minimum Gasteiger partial charge on any atom is -0.481 e. The van der Waals surface area contributed by atoms with E-state index in [1.807, 2.05) is 49.5 Å². The Morgan fingerprint density at radius 1 is 1.07 bits per heavy atom. The number of carboxylic acid groups (broad SMARTS) is 1. The molecule has 0 fully saturated rings. The van der Waals surface area contributed by atoms with E-state index in [-0.39, 0.29) is 24.5 Å². The summed E-state index contributed by atoms with van der Waals surface area (Å²) in [6.45, 7) is 0. The van der Waals surface area contributed by atoms with Crippen LogP contribution < -0.4 is 5.32 Å². The van der Waals surface area contributed by atoms with Crippen LogP contribution in [0.15, 0.2) is 54.6 Å². The van der Waals surface area contributed by atoms with Crippen LogP contribution in [0.25, 0.3) is 0 Å². The highest BCUT2D eigenvalue weighted by Crippen LogP contribution is 2.24. The van der Waals surface area contributed by atoms with Crippen LogP contribution in [0, 0.1) is 0 Å². The van der Waals surface area contributed by atoms with Crippen molar-refractivity contribution in [1.29, 1.82) is 0 Å². The lowest BCUT2D eigenvalue weighted by Gasteiger charge is -2.28. The van der Waals surface area contributed by atoms with Gasteiger partial charge in [0.2, 0.25) is 0 Å². The Hall–Kier alpha value is -2.82. The lowest BCUT2D eigenvalue weighted by atomic mass is 10.0. The third-order valence-corrected chi connectivity index (χ3v) is 5.26. The molecule has 0 aliphatic heterocycles. The fraction of sp³-hybridized carbons (Fsp3) is 0.364. The van der Waals surface area contributed by atoms with Crippen molar-refractivity contribution >= 4 is 12.0 Å². The maximum Gasteiger partial charge on any atom is 0.317 e. The van der Waals surface area contributed by atoms with Gasteiger partial charge in [-0.15, -0.1) is 0 Å². The van der Waals surface area contributed by atoms with Crippen molar-refractivity contribution in [3.05, 3.63) is 71.3 Å². The third kappa shape index (κ3) is 5.09. The first kappa shape index (κ1) is 19.0. The molecule has 1 atom stereocenters. The number of rotatable bonds is 7. The molecule has 27 heavy (non-hydrogen) atoms. The number of carboxylic acids is 1. The Kier molecular flexibility index (Phi) is 6.12. The smallest absolute Gasteiger partial charge is 0.317 e. The van der Waals surface area contributed by atoms with Crippen LogP contribution in [0.5, 0.6) is 0 Å². The van der Waals surface area contributed by atoms with Crippen molar-refractivity contribution < 1.29 is 14.7 Å². The number of carbonyl (C=O) groups excluding carboxylic acids is 1. The van der Waals surface area contributed by atoms with Gasteiger partial charge in [0.15, 0.2) is 0 Å². The fourth-order valence-electron chi connectivity index (χ4n) is 3.67. The number of nitrogens with zero attached hydrogens (tertiary/aromatic N) is 1. The Morgan fingerprint density at radius 3 is 2.26 bits per heavy atom. The summed E-state index contributed by atoms with van der Waals surface area (Å²) < 4.78 is 0. The largest absolute Gasteiger partial charge is 0.481 e. The number of fused-ring (bicyclic) bond motifs is 1. The van der Waals surface area contributed by atoms with E-state index in [1.165, 1.54) is 11.1 Å². The molecule has 0 heterocycles. The van der Waals surface area contributed by atoms with Gasteiger partial charge in [-0.1, -0.05) is 54.6 Å². The maximum atomic E-state index is 12.8. The van der Waals surface area contributed by atoms with Crippen molar-refractivity contribution in [2.45, 2.75) is 44.2 Å². The van der Waals surface area contributed by atoms with Crippen molar-refractivity contribution in [2.24, 2.45) is 0 Å². The standard InChI is InChI=1S/C22H26N2O3/c1-24(20-14-17-9-5-6-10-18(17)15-20)22(27)23-19(11-12-21(25)26)13-16-7-3-2-4-8-16/h2-10,19-20H,11-15H2,1H3,(H,23,27)(H,25,26). The zero-order valence-corrected chi connectivity index (χ0v) is 15.6. The lowest BCUT2D eigenvalue weighted by Crippen LogP contribution is -2.48. The quantitative estimate of drug-likeness (QED) is 0.790. The molecule has 1 unspecified atom stereocenters. The van der Waals surface area contributed by atoms with E-state index in [0.717, 1.165) is 18.4 Å². The van der Waals surface area contributed by atoms with E-state index in [0.29, 0.717) is 12.8 Å². The zero-order chi connectivity index (χ0) is 19.2. The van der Waals surface area contributed by atoms with Gasteiger partial charge in [-0.25, -0.2) is 4.79 Å². The summed E-state index contributed by atoms with van der Waals surface area (Å²) in [5, 5.41) is 12.1. The molecule has 5 heteroatoms. The summed E-state index contributed by atoms with van der Waals surface area (Å²) in [6.07, 6.45) is 2.79. The highest BCUT2D eigenvalue weighted by molar-refractivity contribution is 5.75. The van der Waals surface area contributed by atoms with E-state index in [9.17, 15) is 9.59 Å². The van der Waals surface area contributed by atoms with Crippen LogP contribution in [0.2, 0.25) is 0 Å². The molecule has 0 spiro atoms. The molecule has 3 rings (SSSR count). The number of amides is 2. The Bertz CT molecular complexity index is 766. The number of aliphatic carboxylic acids is 1. The molecule has 5 nitrogen and oxygen atoms in total. The molecule has 1 aliphatic rings. The van der Waals surface area contributed by atoms with Gasteiger partial charge in [0.25, 0.3) is 0 Å². The van der Waals surface area contributed by atoms with Gasteiger partial charge in [-0.05, 0) is 42.4 Å². The molecule has 2 aromatic rings. The van der Waals surface area contributed by atoms with Gasteiger partial charge < -0.3 is 15.3 Å². The molecule has 2 aromatic carbocycles. The van der Waals surface area contributed by atoms with E-state index in [1.54, 1.807) is 4.90 Å². The second-order valence-electron chi connectivity index (χ2n) is 7.21. The summed E-state index contributed by atoms with van der Waals surface area (Å²) in [5.74, 6) is -0.845. The molecular weight excluding hydrogens is 340 g/mol. The average Bonchev–Trinajstić information content (AvgIpc) is 3.10. The molecule has 1 aliphatic carbocycles. The van der Waals surface area contributed by atoms with Gasteiger partial charge in [0.05, 0.1) is 0 Å². The zero-order valence-electron chi connectivity index (χ0n) is 15.6. The summed E-state index contributed by atoms with van der Waals surface area (Å²) >= 11 is 0. The third-order valence-electron chi connectivity index (χ3n) is 5.26. The first-order valence-corrected chi connectivity index (χ1v) is 9.38. The summed E-state index contributed by atoms with van der Waals surface area (Å²) in [5.41, 5.74) is 3.69. The molecule has 2 N–H and O–H groups in total. The van der Waals surface area contributed by atoms with Crippen LogP contribution in [-0.4, -0.2) is 41.1 Å². The second-order valence-corrected chi connectivity index (χ2v) is 7.21. The Balaban J connectivity index is 1.62. The second kappa shape index (κ2) is 8.71. The molecular formula is C22H26N2O3. The molecule has 0 saturated heterocycles. The van der Waals surface area contributed by atoms with Crippen LogP contribution >= 0.6 is 0 Å². The lowest BCUT2D eigenvalue weighted by molar-refractivity contribution is -0.137. The number of likely N-dealkylation sites (N-methyl/N-ethyl adjacent to an activating group) is 1. The first-order chi connectivity index (χ1) is 13.0. The molecule has 0 saturated carbocycles. The molecule has 0 bridgehead atoms. The van der Waals surface area contributed by atoms with E-state index in [4.69, 9.17) is 5.11 Å². The number of hydrogen-bond acceptors (Lipinski definition) is 2. The van der Waals surface area contributed by atoms with Gasteiger partial charge in [-0.3, -0.25) is 4.79 Å². The first-order valence-electron chi connectivity index (χ1n) is 9.38. The minimum atomic E-state index is -0.845. The predicted molar refractivity (Wildman–Crippen MR) is 105 cm³/mol. The van der Waals surface area contributed by atoms with Crippen molar-refractivity contribution in [1.82, 2.24) is 10.2 Å². The monoisotopic (exact) mass is 366 g/mol. The van der Waals surface area contributed by atoms with E-state index >= 15 is 0 Å². The number of urea groups is 1. The normalized spacial score (nSPS) is 14.4. The topological polar surface area (TPSA) is 69.6 Å². The Labute approximate surface area is 160 Å². The number of hydrogen-bond donors (Lipinski definition) is 2. The minimum absolute atomic E-state index is 0.0381. The number of benzene rings is 2. The van der Waals surface area contributed by atoms with Crippen molar-refractivity contribution in [2.75, 3.05) is 7.05 Å². The number of carbonyl (C=O) groups is 2. The number of nitrogens with one attached hydrogen (secondary N) is 1. The summed E-state index contributed by atoms with van der Waals surface area (Å²) in [6, 6.07) is 17.9. The average molecular weight is 366 g/mol. The van der Waals surface area contributed by atoms with Crippen LogP contribution in [0.4, 0.5) is 4.79 Å². The molecule has 0 aromatic heterocycles. The Morgan fingerprint density at radius 2 is 1.67 bits per heavy atom. The van der Waals surface area contributed by atoms with Crippen molar-refractivity contribution in [3.63, 3.8) is 0 Å². The highest BCUT2D eigenvalue weighted by atomic mass is 16.4. The van der Waals surface area contributed by atoms with Crippen LogP contribution in [0.1, 0.15) is 29.5 Å².